The maximum absolute atomic E-state index is 11.6. The summed E-state index contributed by atoms with van der Waals surface area (Å²) >= 11 is 0. The van der Waals surface area contributed by atoms with Crippen LogP contribution in [-0.2, 0) is 15.3 Å². The number of esters is 1. The van der Waals surface area contributed by atoms with Crippen molar-refractivity contribution in [3.05, 3.63) is 58.0 Å². The first-order chi connectivity index (χ1) is 9.70. The number of rotatable bonds is 3. The van der Waals surface area contributed by atoms with E-state index in [1.165, 1.54) is 6.07 Å². The third kappa shape index (κ3) is 3.03. The minimum atomic E-state index is -1.34. The van der Waals surface area contributed by atoms with Crippen LogP contribution in [0.3, 0.4) is 0 Å². The molecule has 0 aliphatic rings. The predicted molar refractivity (Wildman–Crippen MR) is 79.7 cm³/mol. The molecule has 0 aliphatic carbocycles. The summed E-state index contributed by atoms with van der Waals surface area (Å²) in [4.78, 5) is 23.1. The molecule has 0 bridgehead atoms. The molecule has 1 atom stereocenters. The molecule has 0 saturated heterocycles. The third-order valence-corrected chi connectivity index (χ3v) is 3.18. The van der Waals surface area contributed by atoms with Gasteiger partial charge in [0, 0.05) is 22.6 Å². The van der Waals surface area contributed by atoms with Crippen molar-refractivity contribution in [1.82, 2.24) is 0 Å². The summed E-state index contributed by atoms with van der Waals surface area (Å²) in [7, 11) is 0. The van der Waals surface area contributed by atoms with E-state index >= 15 is 0 Å². The Bertz CT molecular complexity index is 786. The highest BCUT2D eigenvalue weighted by Gasteiger charge is 2.27. The molecule has 0 saturated carbocycles. The summed E-state index contributed by atoms with van der Waals surface area (Å²) in [6, 6.07) is 6.55. The van der Waals surface area contributed by atoms with Crippen LogP contribution < -0.4 is 11.4 Å². The van der Waals surface area contributed by atoms with Gasteiger partial charge in [0.25, 0.3) is 0 Å². The number of benzene rings is 1. The van der Waals surface area contributed by atoms with Crippen LogP contribution in [0.25, 0.3) is 11.0 Å². The number of ether oxygens (including phenoxy) is 1. The Balaban J connectivity index is 2.49. The Kier molecular flexibility index (Phi) is 3.70. The van der Waals surface area contributed by atoms with E-state index in [1.54, 1.807) is 32.0 Å². The summed E-state index contributed by atoms with van der Waals surface area (Å²) in [6.45, 7) is 8.44. The Morgan fingerprint density at radius 2 is 2.05 bits per heavy atom. The number of nitrogens with two attached hydrogens (primary N) is 1. The van der Waals surface area contributed by atoms with Crippen molar-refractivity contribution >= 4 is 16.9 Å². The molecule has 2 rings (SSSR count). The average molecular weight is 287 g/mol. The molecular weight excluding hydrogens is 270 g/mol. The van der Waals surface area contributed by atoms with E-state index in [0.29, 0.717) is 11.1 Å². The molecule has 2 N–H and O–H groups in total. The molecule has 1 heterocycles. The van der Waals surface area contributed by atoms with Crippen LogP contribution in [0, 0.1) is 6.92 Å². The van der Waals surface area contributed by atoms with Crippen LogP contribution in [0.5, 0.6) is 0 Å². The molecule has 0 amide bonds. The fourth-order valence-electron chi connectivity index (χ4n) is 1.97. The van der Waals surface area contributed by atoms with Crippen LogP contribution >= 0.6 is 0 Å². The molecule has 0 spiro atoms. The SMILES string of the molecule is C=C(C)C(=O)OC(C)(N)c1ccc2c(C)cc(=O)oc2c1. The van der Waals surface area contributed by atoms with Crippen LogP contribution in [-0.4, -0.2) is 5.97 Å². The Morgan fingerprint density at radius 1 is 1.38 bits per heavy atom. The van der Waals surface area contributed by atoms with E-state index in [0.717, 1.165) is 10.9 Å². The zero-order valence-electron chi connectivity index (χ0n) is 12.2. The highest BCUT2D eigenvalue weighted by Crippen LogP contribution is 2.25. The number of aryl methyl sites for hydroxylation is 1. The number of fused-ring (bicyclic) bond motifs is 1. The van der Waals surface area contributed by atoms with E-state index in [2.05, 4.69) is 6.58 Å². The van der Waals surface area contributed by atoms with Gasteiger partial charge in [-0.3, -0.25) is 5.73 Å². The van der Waals surface area contributed by atoms with Crippen LogP contribution in [0.2, 0.25) is 0 Å². The van der Waals surface area contributed by atoms with Gasteiger partial charge in [0.1, 0.15) is 5.58 Å². The van der Waals surface area contributed by atoms with Crippen molar-refractivity contribution in [1.29, 1.82) is 0 Å². The lowest BCUT2D eigenvalue weighted by molar-refractivity contribution is -0.153. The highest BCUT2D eigenvalue weighted by atomic mass is 16.6. The molecule has 0 radical (unpaired) electrons. The molecule has 1 aromatic heterocycles. The molecular formula is C16H17NO4. The first-order valence-corrected chi connectivity index (χ1v) is 6.43. The van der Waals surface area contributed by atoms with Crippen LogP contribution in [0.1, 0.15) is 25.0 Å². The van der Waals surface area contributed by atoms with Crippen molar-refractivity contribution in [2.45, 2.75) is 26.5 Å². The van der Waals surface area contributed by atoms with Crippen molar-refractivity contribution < 1.29 is 13.9 Å². The monoisotopic (exact) mass is 287 g/mol. The van der Waals surface area contributed by atoms with E-state index in [9.17, 15) is 9.59 Å². The highest BCUT2D eigenvalue weighted by molar-refractivity contribution is 5.87. The molecule has 5 heteroatoms. The largest absolute Gasteiger partial charge is 0.437 e. The quantitative estimate of drug-likeness (QED) is 0.405. The van der Waals surface area contributed by atoms with Gasteiger partial charge in [0.15, 0.2) is 5.72 Å². The number of hydrogen-bond donors (Lipinski definition) is 1. The van der Waals surface area contributed by atoms with Gasteiger partial charge in [0.2, 0.25) is 0 Å². The summed E-state index contributed by atoms with van der Waals surface area (Å²) in [5.41, 5.74) is 6.26. The predicted octanol–water partition coefficient (Wildman–Crippen LogP) is 2.35. The summed E-state index contributed by atoms with van der Waals surface area (Å²) in [5.74, 6) is -0.578. The number of carbonyl (C=O) groups excluding carboxylic acids is 1. The van der Waals surface area contributed by atoms with E-state index < -0.39 is 17.3 Å². The van der Waals surface area contributed by atoms with Gasteiger partial charge >= 0.3 is 11.6 Å². The minimum absolute atomic E-state index is 0.259. The Hall–Kier alpha value is -2.40. The van der Waals surface area contributed by atoms with Gasteiger partial charge in [-0.1, -0.05) is 18.7 Å². The minimum Gasteiger partial charge on any atom is -0.437 e. The lowest BCUT2D eigenvalue weighted by Crippen LogP contribution is -2.38. The number of hydrogen-bond acceptors (Lipinski definition) is 5. The molecule has 110 valence electrons. The summed E-state index contributed by atoms with van der Waals surface area (Å²) in [5, 5.41) is 0.806. The lowest BCUT2D eigenvalue weighted by Gasteiger charge is -2.25. The van der Waals surface area contributed by atoms with Gasteiger partial charge in [-0.2, -0.15) is 0 Å². The number of carbonyl (C=O) groups is 1. The maximum atomic E-state index is 11.6. The Morgan fingerprint density at radius 3 is 2.67 bits per heavy atom. The van der Waals surface area contributed by atoms with Gasteiger partial charge in [-0.05, 0) is 32.4 Å². The van der Waals surface area contributed by atoms with Crippen molar-refractivity contribution in [2.24, 2.45) is 5.73 Å². The molecule has 21 heavy (non-hydrogen) atoms. The summed E-state index contributed by atoms with van der Waals surface area (Å²) in [6.07, 6.45) is 0. The molecule has 1 aromatic carbocycles. The van der Waals surface area contributed by atoms with Crippen LogP contribution in [0.4, 0.5) is 0 Å². The van der Waals surface area contributed by atoms with Gasteiger partial charge in [-0.25, -0.2) is 9.59 Å². The maximum Gasteiger partial charge on any atom is 0.336 e. The average Bonchev–Trinajstić information content (AvgIpc) is 2.37. The fraction of sp³-hybridized carbons (Fsp3) is 0.250. The van der Waals surface area contributed by atoms with Crippen molar-refractivity contribution in [3.8, 4) is 0 Å². The second kappa shape index (κ2) is 5.18. The van der Waals surface area contributed by atoms with Gasteiger partial charge in [0.05, 0.1) is 0 Å². The van der Waals surface area contributed by atoms with E-state index in [1.807, 2.05) is 6.92 Å². The topological polar surface area (TPSA) is 82.5 Å². The molecule has 0 fully saturated rings. The zero-order chi connectivity index (χ0) is 15.8. The van der Waals surface area contributed by atoms with E-state index in [4.69, 9.17) is 14.9 Å². The second-order valence-electron chi connectivity index (χ2n) is 5.24. The molecule has 1 unspecified atom stereocenters. The molecule has 0 aliphatic heterocycles. The van der Waals surface area contributed by atoms with Gasteiger partial charge < -0.3 is 9.15 Å². The standard InChI is InChI=1S/C16H17NO4/c1-9(2)15(19)21-16(4,17)11-5-6-12-10(3)7-14(18)20-13(12)8-11/h5-8H,1,17H2,2-4H3. The van der Waals surface area contributed by atoms with Crippen LogP contribution in [0.15, 0.2) is 45.6 Å². The van der Waals surface area contributed by atoms with E-state index in [-0.39, 0.29) is 5.57 Å². The van der Waals surface area contributed by atoms with Gasteiger partial charge in [-0.15, -0.1) is 0 Å². The smallest absolute Gasteiger partial charge is 0.336 e. The second-order valence-corrected chi connectivity index (χ2v) is 5.24. The third-order valence-electron chi connectivity index (χ3n) is 3.18. The normalized spacial score (nSPS) is 13.7. The fourth-order valence-corrected chi connectivity index (χ4v) is 1.97. The van der Waals surface area contributed by atoms with Crippen molar-refractivity contribution in [3.63, 3.8) is 0 Å². The lowest BCUT2D eigenvalue weighted by atomic mass is 10.0. The Labute approximate surface area is 122 Å². The first-order valence-electron chi connectivity index (χ1n) is 6.43. The first kappa shape index (κ1) is 15.0. The summed E-state index contributed by atoms with van der Waals surface area (Å²) < 4.78 is 10.4. The molecule has 2 aromatic rings. The molecule has 5 nitrogen and oxygen atoms in total. The van der Waals surface area contributed by atoms with Crippen molar-refractivity contribution in [2.75, 3.05) is 0 Å². The zero-order valence-corrected chi connectivity index (χ0v) is 12.2.